The van der Waals surface area contributed by atoms with Crippen LogP contribution < -0.4 is 11.1 Å². The SMILES string of the molecule is Cc1ccc(C(=O)O)cc1C(=O)O.NCCCN1CCNCC1. The zero-order valence-electron chi connectivity index (χ0n) is 13.4. The Morgan fingerprint density at radius 3 is 2.39 bits per heavy atom. The highest BCUT2D eigenvalue weighted by Gasteiger charge is 2.10. The van der Waals surface area contributed by atoms with Crippen molar-refractivity contribution in [3.63, 3.8) is 0 Å². The molecule has 1 aromatic carbocycles. The Labute approximate surface area is 136 Å². The van der Waals surface area contributed by atoms with E-state index >= 15 is 0 Å². The fraction of sp³-hybridized carbons (Fsp3) is 0.500. The van der Waals surface area contributed by atoms with Crippen molar-refractivity contribution in [2.75, 3.05) is 39.3 Å². The van der Waals surface area contributed by atoms with Crippen molar-refractivity contribution >= 4 is 11.9 Å². The van der Waals surface area contributed by atoms with Crippen LogP contribution in [0.15, 0.2) is 18.2 Å². The van der Waals surface area contributed by atoms with Gasteiger partial charge in [0.25, 0.3) is 0 Å². The second-order valence-corrected chi connectivity index (χ2v) is 5.37. The lowest BCUT2D eigenvalue weighted by atomic mass is 10.1. The summed E-state index contributed by atoms with van der Waals surface area (Å²) in [4.78, 5) is 23.6. The molecule has 1 fully saturated rings. The van der Waals surface area contributed by atoms with Gasteiger partial charge in [0.1, 0.15) is 0 Å². The van der Waals surface area contributed by atoms with Crippen LogP contribution in [0.2, 0.25) is 0 Å². The third kappa shape index (κ3) is 6.77. The number of carbonyl (C=O) groups is 2. The number of hydrogen-bond donors (Lipinski definition) is 4. The summed E-state index contributed by atoms with van der Waals surface area (Å²) in [5.74, 6) is -2.23. The first-order valence-corrected chi connectivity index (χ1v) is 7.66. The summed E-state index contributed by atoms with van der Waals surface area (Å²) < 4.78 is 0. The Bertz CT molecular complexity index is 528. The van der Waals surface area contributed by atoms with Crippen LogP contribution in [-0.2, 0) is 0 Å². The monoisotopic (exact) mass is 323 g/mol. The normalized spacial score (nSPS) is 14.7. The molecule has 1 aromatic rings. The van der Waals surface area contributed by atoms with E-state index < -0.39 is 11.9 Å². The molecule has 1 aliphatic heterocycles. The molecular weight excluding hydrogens is 298 g/mol. The minimum absolute atomic E-state index is 0.0111. The van der Waals surface area contributed by atoms with Crippen molar-refractivity contribution in [1.82, 2.24) is 10.2 Å². The molecule has 2 rings (SSSR count). The van der Waals surface area contributed by atoms with Crippen molar-refractivity contribution in [3.8, 4) is 0 Å². The summed E-state index contributed by atoms with van der Waals surface area (Å²) in [6, 6.07) is 4.01. The minimum Gasteiger partial charge on any atom is -0.478 e. The number of piperazine rings is 1. The van der Waals surface area contributed by atoms with Gasteiger partial charge in [-0.2, -0.15) is 0 Å². The van der Waals surface area contributed by atoms with Gasteiger partial charge in [-0.15, -0.1) is 0 Å². The summed E-state index contributed by atoms with van der Waals surface area (Å²) in [5.41, 5.74) is 5.97. The molecule has 128 valence electrons. The fourth-order valence-corrected chi connectivity index (χ4v) is 2.24. The smallest absolute Gasteiger partial charge is 0.335 e. The van der Waals surface area contributed by atoms with E-state index in [1.54, 1.807) is 6.92 Å². The summed E-state index contributed by atoms with van der Waals surface area (Å²) in [6.07, 6.45) is 1.14. The first-order chi connectivity index (χ1) is 11.0. The number of aryl methyl sites for hydroxylation is 1. The Kier molecular flexibility index (Phi) is 8.25. The van der Waals surface area contributed by atoms with E-state index in [4.69, 9.17) is 15.9 Å². The highest BCUT2D eigenvalue weighted by atomic mass is 16.4. The Hall–Kier alpha value is -1.96. The van der Waals surface area contributed by atoms with Gasteiger partial charge in [0.2, 0.25) is 0 Å². The van der Waals surface area contributed by atoms with Gasteiger partial charge in [0.15, 0.2) is 0 Å². The van der Waals surface area contributed by atoms with Crippen LogP contribution in [0.4, 0.5) is 0 Å². The summed E-state index contributed by atoms with van der Waals surface area (Å²) in [6.45, 7) is 8.30. The van der Waals surface area contributed by atoms with Gasteiger partial charge in [0, 0.05) is 26.2 Å². The standard InChI is InChI=1S/C9H8O4.C7H17N3/c1-5-2-3-6(8(10)11)4-7(5)9(12)13;8-2-1-5-10-6-3-9-4-7-10/h2-4H,1H3,(H,10,11)(H,12,13);9H,1-8H2. The lowest BCUT2D eigenvalue weighted by Gasteiger charge is -2.26. The Balaban J connectivity index is 0.000000238. The molecule has 0 spiro atoms. The average molecular weight is 323 g/mol. The maximum atomic E-state index is 10.6. The number of nitrogens with two attached hydrogens (primary N) is 1. The van der Waals surface area contributed by atoms with Crippen LogP contribution in [-0.4, -0.2) is 66.3 Å². The molecule has 23 heavy (non-hydrogen) atoms. The Morgan fingerprint density at radius 2 is 1.87 bits per heavy atom. The lowest BCUT2D eigenvalue weighted by Crippen LogP contribution is -2.44. The molecule has 7 nitrogen and oxygen atoms in total. The quantitative estimate of drug-likeness (QED) is 0.628. The van der Waals surface area contributed by atoms with Gasteiger partial charge < -0.3 is 26.2 Å². The minimum atomic E-state index is -1.12. The second-order valence-electron chi connectivity index (χ2n) is 5.37. The molecule has 0 unspecified atom stereocenters. The fourth-order valence-electron chi connectivity index (χ4n) is 2.24. The number of aromatic carboxylic acids is 2. The molecule has 1 heterocycles. The predicted molar refractivity (Wildman–Crippen MR) is 88.1 cm³/mol. The average Bonchev–Trinajstić information content (AvgIpc) is 2.54. The summed E-state index contributed by atoms with van der Waals surface area (Å²) >= 11 is 0. The molecule has 5 N–H and O–H groups in total. The Morgan fingerprint density at radius 1 is 1.22 bits per heavy atom. The highest BCUT2D eigenvalue weighted by Crippen LogP contribution is 2.11. The van der Waals surface area contributed by atoms with Gasteiger partial charge in [-0.25, -0.2) is 9.59 Å². The van der Waals surface area contributed by atoms with E-state index in [0.717, 1.165) is 32.1 Å². The predicted octanol–water partition coefficient (Wildman–Crippen LogP) is 0.632. The number of rotatable bonds is 5. The molecular formula is C16H25N3O4. The van der Waals surface area contributed by atoms with E-state index in [1.807, 2.05) is 0 Å². The molecule has 7 heteroatoms. The van der Waals surface area contributed by atoms with Crippen LogP contribution >= 0.6 is 0 Å². The molecule has 0 radical (unpaired) electrons. The second kappa shape index (κ2) is 9.94. The number of carboxylic acids is 2. The largest absolute Gasteiger partial charge is 0.478 e. The zero-order chi connectivity index (χ0) is 17.2. The zero-order valence-corrected chi connectivity index (χ0v) is 13.4. The van der Waals surface area contributed by atoms with Gasteiger partial charge in [-0.3, -0.25) is 0 Å². The van der Waals surface area contributed by atoms with Gasteiger partial charge in [-0.05, 0) is 44.1 Å². The third-order valence-corrected chi connectivity index (χ3v) is 3.60. The number of nitrogens with one attached hydrogen (secondary N) is 1. The molecule has 0 atom stereocenters. The van der Waals surface area contributed by atoms with E-state index in [0.29, 0.717) is 5.56 Å². The maximum Gasteiger partial charge on any atom is 0.335 e. The van der Waals surface area contributed by atoms with Gasteiger partial charge in [0.05, 0.1) is 11.1 Å². The number of nitrogens with zero attached hydrogens (tertiary/aromatic N) is 1. The molecule has 1 aliphatic rings. The molecule has 0 amide bonds. The van der Waals surface area contributed by atoms with Crippen molar-refractivity contribution in [3.05, 3.63) is 34.9 Å². The molecule has 0 aliphatic carbocycles. The third-order valence-electron chi connectivity index (χ3n) is 3.60. The first kappa shape index (κ1) is 19.1. The van der Waals surface area contributed by atoms with Crippen LogP contribution in [0, 0.1) is 6.92 Å². The molecule has 0 bridgehead atoms. The summed E-state index contributed by atoms with van der Waals surface area (Å²) in [7, 11) is 0. The number of carboxylic acid groups (broad SMARTS) is 2. The van der Waals surface area contributed by atoms with Gasteiger partial charge >= 0.3 is 11.9 Å². The van der Waals surface area contributed by atoms with E-state index in [-0.39, 0.29) is 11.1 Å². The van der Waals surface area contributed by atoms with Gasteiger partial charge in [-0.1, -0.05) is 6.07 Å². The summed E-state index contributed by atoms with van der Waals surface area (Å²) in [5, 5.41) is 20.6. The highest BCUT2D eigenvalue weighted by molar-refractivity contribution is 5.94. The molecule has 1 saturated heterocycles. The van der Waals surface area contributed by atoms with Crippen molar-refractivity contribution in [1.29, 1.82) is 0 Å². The van der Waals surface area contributed by atoms with Crippen molar-refractivity contribution in [2.24, 2.45) is 5.73 Å². The van der Waals surface area contributed by atoms with Crippen molar-refractivity contribution < 1.29 is 19.8 Å². The van der Waals surface area contributed by atoms with E-state index in [1.165, 1.54) is 31.8 Å². The maximum absolute atomic E-state index is 10.6. The van der Waals surface area contributed by atoms with Crippen molar-refractivity contribution in [2.45, 2.75) is 13.3 Å². The van der Waals surface area contributed by atoms with E-state index in [2.05, 4.69) is 10.2 Å². The first-order valence-electron chi connectivity index (χ1n) is 7.66. The number of benzene rings is 1. The number of hydrogen-bond acceptors (Lipinski definition) is 5. The molecule has 0 aromatic heterocycles. The topological polar surface area (TPSA) is 116 Å². The van der Waals surface area contributed by atoms with E-state index in [9.17, 15) is 9.59 Å². The van der Waals surface area contributed by atoms with Crippen LogP contribution in [0.1, 0.15) is 32.7 Å². The molecule has 0 saturated carbocycles. The lowest BCUT2D eigenvalue weighted by molar-refractivity contribution is 0.0695. The van der Waals surface area contributed by atoms with Crippen LogP contribution in [0.3, 0.4) is 0 Å². The van der Waals surface area contributed by atoms with Crippen LogP contribution in [0.25, 0.3) is 0 Å². The van der Waals surface area contributed by atoms with Crippen LogP contribution in [0.5, 0.6) is 0 Å².